The van der Waals surface area contributed by atoms with Gasteiger partial charge in [0.05, 0.1) is 16.8 Å². The molecule has 128 valence electrons. The van der Waals surface area contributed by atoms with Crippen LogP contribution in [0.25, 0.3) is 11.1 Å². The first-order chi connectivity index (χ1) is 12.5. The van der Waals surface area contributed by atoms with E-state index in [4.69, 9.17) is 0 Å². The van der Waals surface area contributed by atoms with E-state index in [1.807, 2.05) is 19.1 Å². The summed E-state index contributed by atoms with van der Waals surface area (Å²) in [5.41, 5.74) is 3.26. The summed E-state index contributed by atoms with van der Waals surface area (Å²) in [5, 5.41) is 10.3. The molecular weight excluding hydrogens is 394 g/mol. The summed E-state index contributed by atoms with van der Waals surface area (Å²) < 4.78 is 0.646. The molecule has 0 radical (unpaired) electrons. The number of carbonyl (C=O) groups excluding carboxylic acids is 2. The largest absolute Gasteiger partial charge is 0.507 e. The average Bonchev–Trinajstić information content (AvgIpc) is 2.89. The van der Waals surface area contributed by atoms with Gasteiger partial charge in [0.1, 0.15) is 5.75 Å². The first-order valence-electron chi connectivity index (χ1n) is 8.06. The third kappa shape index (κ3) is 2.35. The topological polar surface area (TPSA) is 57.6 Å². The Bertz CT molecular complexity index is 1040. The molecule has 0 spiro atoms. The quantitative estimate of drug-likeness (QED) is 0.612. The van der Waals surface area contributed by atoms with Crippen LogP contribution in [0.5, 0.6) is 5.75 Å². The lowest BCUT2D eigenvalue weighted by Gasteiger charge is -2.22. The number of aromatic hydroxyl groups is 1. The molecule has 0 fully saturated rings. The number of para-hydroxylation sites is 1. The number of hydrogen-bond donors (Lipinski definition) is 1. The molecule has 1 aliphatic rings. The maximum Gasteiger partial charge on any atom is 0.266 e. The van der Waals surface area contributed by atoms with Crippen molar-refractivity contribution in [2.75, 3.05) is 4.90 Å². The predicted molar refractivity (Wildman–Crippen MR) is 104 cm³/mol. The van der Waals surface area contributed by atoms with Gasteiger partial charge in [-0.1, -0.05) is 42.5 Å². The van der Waals surface area contributed by atoms with Gasteiger partial charge in [0.15, 0.2) is 0 Å². The Hall–Kier alpha value is -2.92. The van der Waals surface area contributed by atoms with Gasteiger partial charge in [0.25, 0.3) is 11.8 Å². The zero-order chi connectivity index (χ0) is 18.4. The number of fused-ring (bicyclic) bond motifs is 1. The number of benzene rings is 3. The number of imide groups is 1. The van der Waals surface area contributed by atoms with Crippen molar-refractivity contribution >= 4 is 33.4 Å². The molecule has 0 saturated heterocycles. The molecule has 0 aliphatic carbocycles. The van der Waals surface area contributed by atoms with Gasteiger partial charge in [0.2, 0.25) is 0 Å². The Balaban J connectivity index is 1.99. The van der Waals surface area contributed by atoms with Gasteiger partial charge in [-0.3, -0.25) is 9.59 Å². The van der Waals surface area contributed by atoms with E-state index < -0.39 is 0 Å². The highest BCUT2D eigenvalue weighted by Crippen LogP contribution is 2.44. The molecule has 26 heavy (non-hydrogen) atoms. The van der Waals surface area contributed by atoms with Crippen molar-refractivity contribution in [3.05, 3.63) is 81.8 Å². The molecule has 0 saturated carbocycles. The molecule has 0 unspecified atom stereocenters. The Morgan fingerprint density at radius 1 is 0.769 bits per heavy atom. The van der Waals surface area contributed by atoms with Crippen molar-refractivity contribution in [3.8, 4) is 16.9 Å². The van der Waals surface area contributed by atoms with E-state index in [-0.39, 0.29) is 17.6 Å². The van der Waals surface area contributed by atoms with Crippen molar-refractivity contribution in [2.24, 2.45) is 0 Å². The van der Waals surface area contributed by atoms with Gasteiger partial charge in [0, 0.05) is 15.6 Å². The van der Waals surface area contributed by atoms with Crippen LogP contribution in [0.3, 0.4) is 0 Å². The van der Waals surface area contributed by atoms with E-state index >= 15 is 0 Å². The second-order valence-corrected chi connectivity index (χ2v) is 6.89. The van der Waals surface area contributed by atoms with Crippen LogP contribution in [0.15, 0.2) is 65.1 Å². The van der Waals surface area contributed by atoms with Gasteiger partial charge in [-0.15, -0.1) is 0 Å². The van der Waals surface area contributed by atoms with Crippen molar-refractivity contribution in [2.45, 2.75) is 6.92 Å². The van der Waals surface area contributed by atoms with Gasteiger partial charge in [-0.2, -0.15) is 0 Å². The number of aryl methyl sites for hydroxylation is 1. The maximum absolute atomic E-state index is 13.0. The van der Waals surface area contributed by atoms with Crippen LogP contribution in [0.1, 0.15) is 26.3 Å². The molecule has 3 aromatic carbocycles. The monoisotopic (exact) mass is 407 g/mol. The summed E-state index contributed by atoms with van der Waals surface area (Å²) in [7, 11) is 0. The summed E-state index contributed by atoms with van der Waals surface area (Å²) in [6, 6.07) is 17.3. The third-order valence-corrected chi connectivity index (χ3v) is 5.52. The summed E-state index contributed by atoms with van der Waals surface area (Å²) in [4.78, 5) is 27.1. The minimum Gasteiger partial charge on any atom is -0.507 e. The first kappa shape index (κ1) is 16.5. The Morgan fingerprint density at radius 2 is 1.31 bits per heavy atom. The molecule has 0 aromatic heterocycles. The lowest BCUT2D eigenvalue weighted by molar-refractivity contribution is 0.0926. The Morgan fingerprint density at radius 3 is 1.88 bits per heavy atom. The van der Waals surface area contributed by atoms with Crippen LogP contribution in [0.2, 0.25) is 0 Å². The summed E-state index contributed by atoms with van der Waals surface area (Å²) in [6.07, 6.45) is 0. The smallest absolute Gasteiger partial charge is 0.266 e. The SMILES string of the molecule is Cc1ccc(-c2ccccc2O)c(N2C(=O)c3ccccc3C2=O)c1Br. The lowest BCUT2D eigenvalue weighted by Crippen LogP contribution is -2.30. The molecule has 0 atom stereocenters. The van der Waals surface area contributed by atoms with Crippen LogP contribution in [0, 0.1) is 6.92 Å². The molecule has 4 nitrogen and oxygen atoms in total. The molecule has 5 heteroatoms. The van der Waals surface area contributed by atoms with Crippen molar-refractivity contribution in [3.63, 3.8) is 0 Å². The van der Waals surface area contributed by atoms with E-state index in [0.717, 1.165) is 5.56 Å². The minimum absolute atomic E-state index is 0.0844. The van der Waals surface area contributed by atoms with Crippen molar-refractivity contribution in [1.82, 2.24) is 0 Å². The fourth-order valence-electron chi connectivity index (χ4n) is 3.20. The highest BCUT2D eigenvalue weighted by molar-refractivity contribution is 9.10. The van der Waals surface area contributed by atoms with Gasteiger partial charge in [-0.25, -0.2) is 4.90 Å². The average molecular weight is 408 g/mol. The molecule has 1 heterocycles. The van der Waals surface area contributed by atoms with E-state index in [0.29, 0.717) is 32.4 Å². The molecular formula is C21H14BrNO3. The normalized spacial score (nSPS) is 13.2. The zero-order valence-electron chi connectivity index (χ0n) is 13.9. The molecule has 3 aromatic rings. The number of amides is 2. The van der Waals surface area contributed by atoms with Crippen LogP contribution < -0.4 is 4.90 Å². The van der Waals surface area contributed by atoms with E-state index in [2.05, 4.69) is 15.9 Å². The van der Waals surface area contributed by atoms with E-state index in [9.17, 15) is 14.7 Å². The summed E-state index contributed by atoms with van der Waals surface area (Å²) in [5.74, 6) is -0.650. The van der Waals surface area contributed by atoms with Crippen LogP contribution in [-0.2, 0) is 0 Å². The number of anilines is 1. The molecule has 4 rings (SSSR count). The Labute approximate surface area is 158 Å². The minimum atomic E-state index is -0.367. The van der Waals surface area contributed by atoms with Crippen LogP contribution in [-0.4, -0.2) is 16.9 Å². The molecule has 2 amide bonds. The number of carbonyl (C=O) groups is 2. The van der Waals surface area contributed by atoms with Gasteiger partial charge < -0.3 is 5.11 Å². The summed E-state index contributed by atoms with van der Waals surface area (Å²) in [6.45, 7) is 1.89. The first-order valence-corrected chi connectivity index (χ1v) is 8.85. The number of hydrogen-bond acceptors (Lipinski definition) is 3. The van der Waals surface area contributed by atoms with Gasteiger partial charge >= 0.3 is 0 Å². The highest BCUT2D eigenvalue weighted by atomic mass is 79.9. The predicted octanol–water partition coefficient (Wildman–Crippen LogP) is 4.93. The Kier molecular flexibility index (Phi) is 3.89. The fourth-order valence-corrected chi connectivity index (χ4v) is 3.72. The molecule has 1 N–H and O–H groups in total. The number of halogens is 1. The number of nitrogens with zero attached hydrogens (tertiary/aromatic N) is 1. The number of rotatable bonds is 2. The number of phenolic OH excluding ortho intramolecular Hbond substituents is 1. The second kappa shape index (κ2) is 6.11. The summed E-state index contributed by atoms with van der Waals surface area (Å²) >= 11 is 3.53. The van der Waals surface area contributed by atoms with E-state index in [1.54, 1.807) is 48.5 Å². The number of phenols is 1. The van der Waals surface area contributed by atoms with Crippen LogP contribution >= 0.6 is 15.9 Å². The highest BCUT2D eigenvalue weighted by Gasteiger charge is 2.38. The second-order valence-electron chi connectivity index (χ2n) is 6.10. The van der Waals surface area contributed by atoms with Crippen LogP contribution in [0.4, 0.5) is 5.69 Å². The van der Waals surface area contributed by atoms with Crippen molar-refractivity contribution in [1.29, 1.82) is 0 Å². The lowest BCUT2D eigenvalue weighted by atomic mass is 10.00. The molecule has 0 bridgehead atoms. The maximum atomic E-state index is 13.0. The van der Waals surface area contributed by atoms with Gasteiger partial charge in [-0.05, 0) is 46.6 Å². The van der Waals surface area contributed by atoms with E-state index in [1.165, 1.54) is 4.90 Å². The van der Waals surface area contributed by atoms with Crippen molar-refractivity contribution < 1.29 is 14.7 Å². The fraction of sp³-hybridized carbons (Fsp3) is 0.0476. The standard InChI is InChI=1S/C21H14BrNO3/c1-12-10-11-14(13-6-4-5-9-17(13)24)19(18(12)22)23-20(25)15-7-2-3-8-16(15)21(23)26/h2-11,24H,1H3. The molecule has 1 aliphatic heterocycles. The zero-order valence-corrected chi connectivity index (χ0v) is 15.4. The third-order valence-electron chi connectivity index (χ3n) is 4.52.